The molecule has 1 aromatic rings. The molecule has 3 N–H and O–H groups in total. The predicted octanol–water partition coefficient (Wildman–Crippen LogP) is 2.45. The molecule has 0 saturated heterocycles. The highest BCUT2D eigenvalue weighted by atomic mass is 79.9. The quantitative estimate of drug-likeness (QED) is 0.716. The number of aliphatic carboxylic acids is 1. The Kier molecular flexibility index (Phi) is 5.38. The molecule has 0 radical (unpaired) electrons. The highest BCUT2D eigenvalue weighted by Crippen LogP contribution is 2.51. The molecule has 2 unspecified atom stereocenters. The number of nitriles is 1. The van der Waals surface area contributed by atoms with Crippen molar-refractivity contribution in [3.05, 3.63) is 39.7 Å². The van der Waals surface area contributed by atoms with Gasteiger partial charge < -0.3 is 20.3 Å². The minimum atomic E-state index is -1.49. The van der Waals surface area contributed by atoms with E-state index in [1.807, 2.05) is 6.07 Å². The smallest absolute Gasteiger partial charge is 0.337 e. The van der Waals surface area contributed by atoms with E-state index in [0.29, 0.717) is 15.8 Å². The van der Waals surface area contributed by atoms with E-state index >= 15 is 0 Å². The van der Waals surface area contributed by atoms with Crippen LogP contribution in [0.25, 0.3) is 0 Å². The number of carboxylic acids is 1. The maximum Gasteiger partial charge on any atom is 0.337 e. The van der Waals surface area contributed by atoms with Crippen LogP contribution >= 0.6 is 15.9 Å². The molecule has 1 aliphatic heterocycles. The average Bonchev–Trinajstić information content (AvgIpc) is 2.55. The number of carbonyl (C=O) groups is 2. The van der Waals surface area contributed by atoms with E-state index in [0.717, 1.165) is 0 Å². The molecule has 0 aromatic heterocycles. The first-order chi connectivity index (χ1) is 11.8. The molecule has 0 saturated carbocycles. The number of hydrogen-bond acceptors (Lipinski definition) is 6. The molecule has 0 aliphatic carbocycles. The zero-order valence-corrected chi connectivity index (χ0v) is 15.3. The molecule has 2 rings (SSSR count). The minimum absolute atomic E-state index is 0.0697. The Morgan fingerprint density at radius 1 is 1.48 bits per heavy atom. The van der Waals surface area contributed by atoms with Crippen molar-refractivity contribution >= 4 is 27.9 Å². The summed E-state index contributed by atoms with van der Waals surface area (Å²) in [6.45, 7) is 3.37. The van der Waals surface area contributed by atoms with Gasteiger partial charge in [-0.05, 0) is 31.5 Å². The van der Waals surface area contributed by atoms with Crippen molar-refractivity contribution in [2.45, 2.75) is 25.7 Å². The van der Waals surface area contributed by atoms with Gasteiger partial charge >= 0.3 is 11.9 Å². The van der Waals surface area contributed by atoms with Gasteiger partial charge in [0.1, 0.15) is 11.3 Å². The summed E-state index contributed by atoms with van der Waals surface area (Å²) in [6, 6.07) is 6.86. The fraction of sp³-hybridized carbons (Fsp3) is 0.353. The second kappa shape index (κ2) is 7.15. The fourth-order valence-corrected chi connectivity index (χ4v) is 3.58. The normalized spacial score (nSPS) is 20.1. The number of esters is 1. The summed E-state index contributed by atoms with van der Waals surface area (Å²) in [5.74, 6) is -3.58. The first-order valence-electron chi connectivity index (χ1n) is 7.61. The Balaban J connectivity index is 2.86. The van der Waals surface area contributed by atoms with E-state index in [-0.39, 0.29) is 24.5 Å². The molecule has 0 spiro atoms. The van der Waals surface area contributed by atoms with E-state index in [9.17, 15) is 20.0 Å². The van der Waals surface area contributed by atoms with Crippen molar-refractivity contribution in [3.8, 4) is 11.8 Å². The van der Waals surface area contributed by atoms with E-state index in [1.165, 1.54) is 0 Å². The van der Waals surface area contributed by atoms with Gasteiger partial charge in [-0.2, -0.15) is 5.26 Å². The van der Waals surface area contributed by atoms with Crippen LogP contribution in [0.5, 0.6) is 5.75 Å². The molecule has 25 heavy (non-hydrogen) atoms. The largest absolute Gasteiger partial charge is 0.478 e. The van der Waals surface area contributed by atoms with Gasteiger partial charge in [0.25, 0.3) is 0 Å². The third-order valence-electron chi connectivity index (χ3n) is 4.25. The van der Waals surface area contributed by atoms with Gasteiger partial charge in [-0.15, -0.1) is 0 Å². The summed E-state index contributed by atoms with van der Waals surface area (Å²) < 4.78 is 11.1. The molecule has 8 heteroatoms. The number of carboxylic acid groups (broad SMARTS) is 1. The molecular formula is C17H17BrN2O5. The number of ether oxygens (including phenoxy) is 2. The average molecular weight is 409 g/mol. The Morgan fingerprint density at radius 3 is 2.68 bits per heavy atom. The number of carbonyl (C=O) groups excluding carboxylic acids is 1. The predicted molar refractivity (Wildman–Crippen MR) is 91.3 cm³/mol. The van der Waals surface area contributed by atoms with Crippen LogP contribution in [0.3, 0.4) is 0 Å². The highest BCUT2D eigenvalue weighted by Gasteiger charge is 2.54. The summed E-state index contributed by atoms with van der Waals surface area (Å²) in [6.07, 6.45) is 0.138. The van der Waals surface area contributed by atoms with Crippen molar-refractivity contribution in [1.82, 2.24) is 0 Å². The number of hydrogen-bond donors (Lipinski definition) is 2. The highest BCUT2D eigenvalue weighted by molar-refractivity contribution is 9.10. The maximum absolute atomic E-state index is 12.5. The van der Waals surface area contributed by atoms with Crippen LogP contribution < -0.4 is 10.5 Å². The van der Waals surface area contributed by atoms with Gasteiger partial charge in [-0.3, -0.25) is 4.79 Å². The van der Waals surface area contributed by atoms with Gasteiger partial charge in [0.2, 0.25) is 5.88 Å². The number of nitrogens with two attached hydrogens (primary N) is 1. The second-order valence-corrected chi connectivity index (χ2v) is 6.34. The van der Waals surface area contributed by atoms with Gasteiger partial charge in [0, 0.05) is 10.0 Å². The first-order valence-corrected chi connectivity index (χ1v) is 8.40. The minimum Gasteiger partial charge on any atom is -0.478 e. The SMILES string of the molecule is CCOC(=O)C(C#N)C1(CC)C(C(=O)O)=C(N)Oc2ccc(Br)cc21. The van der Waals surface area contributed by atoms with Crippen LogP contribution in [0.2, 0.25) is 0 Å². The maximum atomic E-state index is 12.5. The number of halogens is 1. The molecular weight excluding hydrogens is 392 g/mol. The zero-order valence-electron chi connectivity index (χ0n) is 13.7. The molecule has 0 fully saturated rings. The lowest BCUT2D eigenvalue weighted by Gasteiger charge is -2.40. The first kappa shape index (κ1) is 18.8. The van der Waals surface area contributed by atoms with Crippen molar-refractivity contribution in [1.29, 1.82) is 5.26 Å². The lowest BCUT2D eigenvalue weighted by molar-refractivity contribution is -0.148. The van der Waals surface area contributed by atoms with Crippen LogP contribution in [0.15, 0.2) is 34.1 Å². The molecule has 1 aliphatic rings. The molecule has 7 nitrogen and oxygen atoms in total. The topological polar surface area (TPSA) is 123 Å². The summed E-state index contributed by atoms with van der Waals surface area (Å²) in [5.41, 5.74) is 4.44. The van der Waals surface area contributed by atoms with Crippen LogP contribution in [0.4, 0.5) is 0 Å². The molecule has 2 atom stereocenters. The second-order valence-electron chi connectivity index (χ2n) is 5.43. The van der Waals surface area contributed by atoms with E-state index < -0.39 is 23.3 Å². The van der Waals surface area contributed by atoms with Gasteiger partial charge in [-0.1, -0.05) is 22.9 Å². The number of benzene rings is 1. The lowest BCUT2D eigenvalue weighted by Crippen LogP contribution is -2.47. The summed E-state index contributed by atoms with van der Waals surface area (Å²) in [7, 11) is 0. The van der Waals surface area contributed by atoms with E-state index in [2.05, 4.69) is 15.9 Å². The van der Waals surface area contributed by atoms with Crippen molar-refractivity contribution in [3.63, 3.8) is 0 Å². The van der Waals surface area contributed by atoms with Crippen LogP contribution in [-0.2, 0) is 19.7 Å². The van der Waals surface area contributed by atoms with Crippen LogP contribution in [-0.4, -0.2) is 23.7 Å². The third kappa shape index (κ3) is 2.96. The summed E-state index contributed by atoms with van der Waals surface area (Å²) in [4.78, 5) is 24.4. The Bertz CT molecular complexity index is 799. The number of fused-ring (bicyclic) bond motifs is 1. The molecule has 132 valence electrons. The fourth-order valence-electron chi connectivity index (χ4n) is 3.22. The van der Waals surface area contributed by atoms with Gasteiger partial charge in [0.05, 0.1) is 18.1 Å². The monoisotopic (exact) mass is 408 g/mol. The third-order valence-corrected chi connectivity index (χ3v) is 4.74. The van der Waals surface area contributed by atoms with E-state index in [4.69, 9.17) is 15.2 Å². The van der Waals surface area contributed by atoms with Gasteiger partial charge in [0.15, 0.2) is 5.92 Å². The Labute approximate surface area is 153 Å². The van der Waals surface area contributed by atoms with Crippen molar-refractivity contribution < 1.29 is 24.2 Å². The van der Waals surface area contributed by atoms with Crippen molar-refractivity contribution in [2.75, 3.05) is 6.61 Å². The van der Waals surface area contributed by atoms with Crippen LogP contribution in [0, 0.1) is 17.2 Å². The lowest BCUT2D eigenvalue weighted by atomic mass is 9.63. The molecule has 0 amide bonds. The van der Waals surface area contributed by atoms with E-state index in [1.54, 1.807) is 32.0 Å². The summed E-state index contributed by atoms with van der Waals surface area (Å²) in [5, 5.41) is 19.4. The van der Waals surface area contributed by atoms with Crippen molar-refractivity contribution in [2.24, 2.45) is 11.7 Å². The van der Waals surface area contributed by atoms with Crippen LogP contribution in [0.1, 0.15) is 25.8 Å². The number of nitrogens with zero attached hydrogens (tertiary/aromatic N) is 1. The molecule has 0 bridgehead atoms. The standard InChI is InChI=1S/C17H17BrN2O5/c1-3-17(11(8-19)16(23)24-4-2)10-7-9(18)5-6-12(10)25-14(20)13(17)15(21)22/h5-7,11H,3-4,20H2,1-2H3,(H,21,22). The number of rotatable bonds is 5. The molecule has 1 aromatic carbocycles. The Hall–Kier alpha value is -2.53. The summed E-state index contributed by atoms with van der Waals surface area (Å²) >= 11 is 3.33. The molecule has 1 heterocycles. The Morgan fingerprint density at radius 2 is 2.16 bits per heavy atom. The van der Waals surface area contributed by atoms with Gasteiger partial charge in [-0.25, -0.2) is 4.79 Å². The zero-order chi connectivity index (χ0) is 18.8.